The van der Waals surface area contributed by atoms with Crippen molar-refractivity contribution in [1.29, 1.82) is 0 Å². The second-order valence-corrected chi connectivity index (χ2v) is 6.72. The topological polar surface area (TPSA) is 24.9 Å². The molecule has 0 aliphatic heterocycles. The number of nitrogens with zero attached hydrogens (tertiary/aromatic N) is 1. The van der Waals surface area contributed by atoms with Crippen LogP contribution in [0.2, 0.25) is 0 Å². The molecule has 1 aromatic carbocycles. The first-order valence-electron chi connectivity index (χ1n) is 6.21. The van der Waals surface area contributed by atoms with Crippen LogP contribution in [0, 0.1) is 6.92 Å². The molecule has 2 rings (SSSR count). The predicted octanol–water partition coefficient (Wildman–Crippen LogP) is 4.01. The number of nitrogens with one attached hydrogen (secondary N) is 1. The highest BCUT2D eigenvalue weighted by molar-refractivity contribution is 7.15. The Balaban J connectivity index is 2.08. The molecule has 0 fully saturated rings. The first kappa shape index (κ1) is 13.2. The third kappa shape index (κ3) is 3.65. The largest absolute Gasteiger partial charge is 0.307 e. The molecular formula is C15H20N2S. The van der Waals surface area contributed by atoms with Gasteiger partial charge in [0.25, 0.3) is 0 Å². The molecule has 18 heavy (non-hydrogen) atoms. The maximum absolute atomic E-state index is 4.50. The Labute approximate surface area is 113 Å². The summed E-state index contributed by atoms with van der Waals surface area (Å²) in [5.41, 5.74) is 2.63. The van der Waals surface area contributed by atoms with Crippen molar-refractivity contribution in [2.45, 2.75) is 39.8 Å². The standard InChI is InChI=1S/C15H20N2S/c1-11-5-7-12(8-6-11)14-16-9-13(18-14)10-17-15(2,3)4/h5-9,17H,10H2,1-4H3. The van der Waals surface area contributed by atoms with Crippen LogP contribution >= 0.6 is 11.3 Å². The van der Waals surface area contributed by atoms with Gasteiger partial charge in [-0.15, -0.1) is 11.3 Å². The molecule has 0 atom stereocenters. The van der Waals surface area contributed by atoms with Crippen molar-refractivity contribution in [2.24, 2.45) is 0 Å². The molecule has 0 unspecified atom stereocenters. The lowest BCUT2D eigenvalue weighted by atomic mass is 10.1. The summed E-state index contributed by atoms with van der Waals surface area (Å²) < 4.78 is 0. The molecule has 0 bridgehead atoms. The Morgan fingerprint density at radius 2 is 1.83 bits per heavy atom. The molecular weight excluding hydrogens is 240 g/mol. The molecule has 1 heterocycles. The molecule has 3 heteroatoms. The van der Waals surface area contributed by atoms with Crippen molar-refractivity contribution in [3.05, 3.63) is 40.9 Å². The minimum absolute atomic E-state index is 0.147. The van der Waals surface area contributed by atoms with Crippen LogP contribution in [0.4, 0.5) is 0 Å². The van der Waals surface area contributed by atoms with Crippen LogP contribution in [0.3, 0.4) is 0 Å². The molecule has 0 amide bonds. The average Bonchev–Trinajstić information content (AvgIpc) is 2.75. The van der Waals surface area contributed by atoms with Gasteiger partial charge in [-0.25, -0.2) is 4.98 Å². The molecule has 0 saturated carbocycles. The molecule has 1 N–H and O–H groups in total. The van der Waals surface area contributed by atoms with Crippen molar-refractivity contribution in [1.82, 2.24) is 10.3 Å². The summed E-state index contributed by atoms with van der Waals surface area (Å²) in [7, 11) is 0. The van der Waals surface area contributed by atoms with E-state index < -0.39 is 0 Å². The molecule has 0 radical (unpaired) electrons. The van der Waals surface area contributed by atoms with E-state index in [1.807, 2.05) is 6.20 Å². The van der Waals surface area contributed by atoms with Gasteiger partial charge in [-0.3, -0.25) is 0 Å². The third-order valence-corrected chi connectivity index (χ3v) is 3.69. The van der Waals surface area contributed by atoms with E-state index in [0.717, 1.165) is 11.6 Å². The van der Waals surface area contributed by atoms with Gasteiger partial charge in [0, 0.05) is 28.7 Å². The van der Waals surface area contributed by atoms with Crippen LogP contribution in [0.25, 0.3) is 10.6 Å². The molecule has 96 valence electrons. The fraction of sp³-hybridized carbons (Fsp3) is 0.400. The normalized spacial score (nSPS) is 11.8. The molecule has 0 spiro atoms. The van der Waals surface area contributed by atoms with Crippen LogP contribution in [0.15, 0.2) is 30.5 Å². The molecule has 2 nitrogen and oxygen atoms in total. The molecule has 0 saturated heterocycles. The first-order valence-corrected chi connectivity index (χ1v) is 7.02. The van der Waals surface area contributed by atoms with Crippen LogP contribution < -0.4 is 5.32 Å². The van der Waals surface area contributed by atoms with E-state index in [2.05, 4.69) is 62.3 Å². The van der Waals surface area contributed by atoms with E-state index in [1.165, 1.54) is 16.0 Å². The summed E-state index contributed by atoms with van der Waals surface area (Å²) in [6, 6.07) is 8.53. The van der Waals surface area contributed by atoms with Crippen LogP contribution in [-0.2, 0) is 6.54 Å². The molecule has 1 aromatic heterocycles. The van der Waals surface area contributed by atoms with Crippen molar-refractivity contribution >= 4 is 11.3 Å². The number of thiazole rings is 1. The fourth-order valence-corrected chi connectivity index (χ4v) is 2.43. The summed E-state index contributed by atoms with van der Waals surface area (Å²) in [5.74, 6) is 0. The summed E-state index contributed by atoms with van der Waals surface area (Å²) >= 11 is 1.76. The zero-order valence-electron chi connectivity index (χ0n) is 11.4. The van der Waals surface area contributed by atoms with Crippen LogP contribution in [0.1, 0.15) is 31.2 Å². The Morgan fingerprint density at radius 1 is 1.17 bits per heavy atom. The Kier molecular flexibility index (Phi) is 3.83. The van der Waals surface area contributed by atoms with Crippen molar-refractivity contribution < 1.29 is 0 Å². The van der Waals surface area contributed by atoms with E-state index in [9.17, 15) is 0 Å². The second-order valence-electron chi connectivity index (χ2n) is 5.60. The number of aromatic nitrogens is 1. The number of benzene rings is 1. The van der Waals surface area contributed by atoms with Gasteiger partial charge in [0.1, 0.15) is 5.01 Å². The van der Waals surface area contributed by atoms with Gasteiger partial charge in [-0.05, 0) is 27.7 Å². The van der Waals surface area contributed by atoms with E-state index in [4.69, 9.17) is 0 Å². The summed E-state index contributed by atoms with van der Waals surface area (Å²) in [4.78, 5) is 5.77. The molecule has 2 aromatic rings. The summed E-state index contributed by atoms with van der Waals surface area (Å²) in [5, 5.41) is 4.58. The van der Waals surface area contributed by atoms with Gasteiger partial charge in [0.15, 0.2) is 0 Å². The fourth-order valence-electron chi connectivity index (χ4n) is 1.57. The zero-order valence-corrected chi connectivity index (χ0v) is 12.3. The van der Waals surface area contributed by atoms with Gasteiger partial charge in [0.2, 0.25) is 0 Å². The van der Waals surface area contributed by atoms with Gasteiger partial charge >= 0.3 is 0 Å². The summed E-state index contributed by atoms with van der Waals surface area (Å²) in [6.45, 7) is 9.51. The Morgan fingerprint density at radius 3 is 2.44 bits per heavy atom. The number of aryl methyl sites for hydroxylation is 1. The van der Waals surface area contributed by atoms with Gasteiger partial charge in [-0.1, -0.05) is 29.8 Å². The van der Waals surface area contributed by atoms with Crippen molar-refractivity contribution in [2.75, 3.05) is 0 Å². The zero-order chi connectivity index (χ0) is 13.2. The maximum Gasteiger partial charge on any atom is 0.123 e. The minimum Gasteiger partial charge on any atom is -0.307 e. The second kappa shape index (κ2) is 5.21. The summed E-state index contributed by atoms with van der Waals surface area (Å²) in [6.07, 6.45) is 1.97. The van der Waals surface area contributed by atoms with E-state index in [0.29, 0.717) is 0 Å². The van der Waals surface area contributed by atoms with Crippen molar-refractivity contribution in [3.63, 3.8) is 0 Å². The molecule has 0 aliphatic rings. The lowest BCUT2D eigenvalue weighted by Crippen LogP contribution is -2.34. The third-order valence-electron chi connectivity index (χ3n) is 2.65. The van der Waals surface area contributed by atoms with Gasteiger partial charge < -0.3 is 5.32 Å². The predicted molar refractivity (Wildman–Crippen MR) is 78.9 cm³/mol. The quantitative estimate of drug-likeness (QED) is 0.902. The van der Waals surface area contributed by atoms with E-state index in [1.54, 1.807) is 11.3 Å². The highest BCUT2D eigenvalue weighted by Crippen LogP contribution is 2.25. The van der Waals surface area contributed by atoms with Crippen LogP contribution in [-0.4, -0.2) is 10.5 Å². The first-order chi connectivity index (χ1) is 8.44. The lowest BCUT2D eigenvalue weighted by Gasteiger charge is -2.19. The maximum atomic E-state index is 4.50. The highest BCUT2D eigenvalue weighted by Gasteiger charge is 2.10. The van der Waals surface area contributed by atoms with Gasteiger partial charge in [0.05, 0.1) is 0 Å². The highest BCUT2D eigenvalue weighted by atomic mass is 32.1. The van der Waals surface area contributed by atoms with Gasteiger partial charge in [-0.2, -0.15) is 0 Å². The SMILES string of the molecule is Cc1ccc(-c2ncc(CNC(C)(C)C)s2)cc1. The number of hydrogen-bond acceptors (Lipinski definition) is 3. The number of rotatable bonds is 3. The van der Waals surface area contributed by atoms with Crippen LogP contribution in [0.5, 0.6) is 0 Å². The average molecular weight is 260 g/mol. The lowest BCUT2D eigenvalue weighted by molar-refractivity contribution is 0.426. The van der Waals surface area contributed by atoms with Crippen molar-refractivity contribution in [3.8, 4) is 10.6 Å². The smallest absolute Gasteiger partial charge is 0.123 e. The Hall–Kier alpha value is -1.19. The monoisotopic (exact) mass is 260 g/mol. The van der Waals surface area contributed by atoms with E-state index >= 15 is 0 Å². The number of hydrogen-bond donors (Lipinski definition) is 1. The van der Waals surface area contributed by atoms with E-state index in [-0.39, 0.29) is 5.54 Å². The Bertz CT molecular complexity index is 506. The minimum atomic E-state index is 0.147. The molecule has 0 aliphatic carbocycles.